The molecule has 1 aliphatic rings. The van der Waals surface area contributed by atoms with Gasteiger partial charge in [0.1, 0.15) is 0 Å². The fourth-order valence-corrected chi connectivity index (χ4v) is 3.66. The highest BCUT2D eigenvalue weighted by Gasteiger charge is 2.33. The number of hydrazine groups is 1. The number of thiocarbonyl (C=S) groups is 1. The van der Waals surface area contributed by atoms with Crippen LogP contribution in [-0.2, 0) is 4.79 Å². The van der Waals surface area contributed by atoms with Gasteiger partial charge in [-0.1, -0.05) is 41.0 Å². The lowest BCUT2D eigenvalue weighted by molar-refractivity contribution is -0.123. The van der Waals surface area contributed by atoms with E-state index in [0.29, 0.717) is 16.3 Å². The molecular formula is C17H11Cl2N3O4S2. The van der Waals surface area contributed by atoms with E-state index in [4.69, 9.17) is 35.4 Å². The van der Waals surface area contributed by atoms with Crippen LogP contribution in [0, 0.1) is 0 Å². The topological polar surface area (TPSA) is 102 Å². The highest BCUT2D eigenvalue weighted by atomic mass is 35.5. The number of thioether (sulfide) groups is 1. The summed E-state index contributed by atoms with van der Waals surface area (Å²) in [6.45, 7) is 0. The molecule has 0 radical (unpaired) electrons. The van der Waals surface area contributed by atoms with Crippen molar-refractivity contribution in [2.45, 2.75) is 0 Å². The Morgan fingerprint density at radius 2 is 1.86 bits per heavy atom. The molecule has 0 aromatic heterocycles. The summed E-state index contributed by atoms with van der Waals surface area (Å²) in [7, 11) is 0. The minimum Gasteiger partial charge on any atom is -0.504 e. The number of nitrogens with one attached hydrogen (secondary N) is 2. The fraction of sp³-hybridized carbons (Fsp3) is 0. The lowest BCUT2D eigenvalue weighted by Crippen LogP contribution is -2.46. The Kier molecular flexibility index (Phi) is 5.99. The van der Waals surface area contributed by atoms with Crippen molar-refractivity contribution in [3.05, 3.63) is 56.9 Å². The van der Waals surface area contributed by atoms with Crippen LogP contribution in [0.5, 0.6) is 11.5 Å². The Bertz CT molecular complexity index is 1030. The molecule has 3 amide bonds. The molecule has 28 heavy (non-hydrogen) atoms. The summed E-state index contributed by atoms with van der Waals surface area (Å²) >= 11 is 17.8. The molecule has 2 aromatic carbocycles. The molecule has 7 nitrogen and oxygen atoms in total. The van der Waals surface area contributed by atoms with Gasteiger partial charge < -0.3 is 15.5 Å². The Morgan fingerprint density at radius 3 is 2.54 bits per heavy atom. The second-order valence-electron chi connectivity index (χ2n) is 5.46. The Balaban J connectivity index is 1.70. The van der Waals surface area contributed by atoms with Crippen LogP contribution in [0.2, 0.25) is 10.0 Å². The van der Waals surface area contributed by atoms with Crippen LogP contribution in [0.3, 0.4) is 0 Å². The number of hydrogen-bond donors (Lipinski definition) is 4. The van der Waals surface area contributed by atoms with Gasteiger partial charge in [0.15, 0.2) is 15.8 Å². The zero-order chi connectivity index (χ0) is 20.4. The molecule has 1 fully saturated rings. The normalized spacial score (nSPS) is 15.2. The second kappa shape index (κ2) is 8.27. The molecule has 1 aliphatic heterocycles. The Hall–Kier alpha value is -2.46. The highest BCUT2D eigenvalue weighted by Crippen LogP contribution is 2.33. The number of anilines is 1. The maximum atomic E-state index is 12.5. The largest absolute Gasteiger partial charge is 0.504 e. The van der Waals surface area contributed by atoms with Gasteiger partial charge in [-0.25, -0.2) is 10.2 Å². The van der Waals surface area contributed by atoms with Gasteiger partial charge in [0.2, 0.25) is 0 Å². The van der Waals surface area contributed by atoms with Gasteiger partial charge in [-0.15, -0.1) is 0 Å². The number of aromatic hydroxyl groups is 2. The first-order valence-electron chi connectivity index (χ1n) is 7.57. The first-order chi connectivity index (χ1) is 13.2. The first-order valence-corrected chi connectivity index (χ1v) is 9.55. The molecule has 3 rings (SSSR count). The minimum atomic E-state index is -0.696. The summed E-state index contributed by atoms with van der Waals surface area (Å²) in [5, 5.41) is 23.0. The molecule has 144 valence electrons. The molecule has 1 saturated heterocycles. The molecular weight excluding hydrogens is 445 g/mol. The molecule has 0 saturated carbocycles. The van der Waals surface area contributed by atoms with E-state index < -0.39 is 11.9 Å². The van der Waals surface area contributed by atoms with Crippen molar-refractivity contribution in [3.63, 3.8) is 0 Å². The second-order valence-corrected chi connectivity index (χ2v) is 7.95. The number of carbonyl (C=O) groups is 2. The number of urea groups is 1. The van der Waals surface area contributed by atoms with Crippen LogP contribution in [0.25, 0.3) is 6.08 Å². The van der Waals surface area contributed by atoms with Crippen LogP contribution < -0.4 is 10.7 Å². The fourth-order valence-electron chi connectivity index (χ4n) is 2.18. The zero-order valence-corrected chi connectivity index (χ0v) is 16.9. The smallest absolute Gasteiger partial charge is 0.338 e. The molecule has 1 heterocycles. The first kappa shape index (κ1) is 20.3. The van der Waals surface area contributed by atoms with Gasteiger partial charge in [0.05, 0.1) is 15.0 Å². The van der Waals surface area contributed by atoms with Crippen molar-refractivity contribution < 1.29 is 19.8 Å². The Labute approximate surface area is 178 Å². The number of halogens is 2. The number of phenolic OH excluding ortho intramolecular Hbond substituents is 2. The van der Waals surface area contributed by atoms with Gasteiger partial charge in [-0.3, -0.25) is 4.79 Å². The van der Waals surface area contributed by atoms with E-state index in [1.54, 1.807) is 6.07 Å². The van der Waals surface area contributed by atoms with Crippen molar-refractivity contribution in [3.8, 4) is 11.5 Å². The third-order valence-electron chi connectivity index (χ3n) is 3.48. The third-order valence-corrected chi connectivity index (χ3v) is 5.52. The van der Waals surface area contributed by atoms with E-state index in [0.717, 1.165) is 16.8 Å². The average molecular weight is 456 g/mol. The lowest BCUT2D eigenvalue weighted by atomic mass is 10.2. The summed E-state index contributed by atoms with van der Waals surface area (Å²) in [5.41, 5.74) is 3.23. The number of benzene rings is 2. The maximum Gasteiger partial charge on any atom is 0.338 e. The summed E-state index contributed by atoms with van der Waals surface area (Å²) < 4.78 is 0.128. The SMILES string of the molecule is O=C(Nc1ccc(Cl)c(Cl)c1)NN1C(=O)/C(=C\c2ccc(O)c(O)c2)SC1=S. The quantitative estimate of drug-likeness (QED) is 0.311. The van der Waals surface area contributed by atoms with Gasteiger partial charge in [0.25, 0.3) is 5.91 Å². The van der Waals surface area contributed by atoms with Crippen LogP contribution in [-0.4, -0.2) is 31.5 Å². The van der Waals surface area contributed by atoms with Crippen LogP contribution in [0.4, 0.5) is 10.5 Å². The maximum absolute atomic E-state index is 12.5. The van der Waals surface area contributed by atoms with Gasteiger partial charge >= 0.3 is 6.03 Å². The highest BCUT2D eigenvalue weighted by molar-refractivity contribution is 8.26. The van der Waals surface area contributed by atoms with E-state index in [2.05, 4.69) is 10.7 Å². The van der Waals surface area contributed by atoms with Crippen LogP contribution >= 0.6 is 47.2 Å². The van der Waals surface area contributed by atoms with E-state index in [1.807, 2.05) is 0 Å². The number of carbonyl (C=O) groups excluding carboxylic acids is 2. The molecule has 0 atom stereocenters. The number of rotatable bonds is 3. The number of amides is 3. The zero-order valence-electron chi connectivity index (χ0n) is 13.8. The standard InChI is InChI=1S/C17H11Cl2N3O4S2/c18-10-3-2-9(7-11(10)19)20-16(26)21-22-15(25)14(28-17(22)27)6-8-1-4-12(23)13(24)5-8/h1-7,23-24H,(H2,20,21,26)/b14-6+. The molecule has 0 unspecified atom stereocenters. The third kappa shape index (κ3) is 4.50. The molecule has 2 aromatic rings. The average Bonchev–Trinajstić information content (AvgIpc) is 2.89. The van der Waals surface area contributed by atoms with Crippen LogP contribution in [0.15, 0.2) is 41.3 Å². The van der Waals surface area contributed by atoms with Crippen molar-refractivity contribution in [1.82, 2.24) is 10.4 Å². The lowest BCUT2D eigenvalue weighted by Gasteiger charge is -2.16. The predicted molar refractivity (Wildman–Crippen MR) is 113 cm³/mol. The van der Waals surface area contributed by atoms with Crippen molar-refractivity contribution in [2.75, 3.05) is 5.32 Å². The molecule has 11 heteroatoms. The van der Waals surface area contributed by atoms with E-state index >= 15 is 0 Å². The molecule has 0 bridgehead atoms. The van der Waals surface area contributed by atoms with E-state index in [1.165, 1.54) is 36.4 Å². The Morgan fingerprint density at radius 1 is 1.11 bits per heavy atom. The van der Waals surface area contributed by atoms with Crippen molar-refractivity contribution in [1.29, 1.82) is 0 Å². The van der Waals surface area contributed by atoms with Crippen molar-refractivity contribution in [2.24, 2.45) is 0 Å². The molecule has 4 N–H and O–H groups in total. The monoisotopic (exact) mass is 455 g/mol. The summed E-state index contributed by atoms with van der Waals surface area (Å²) in [5.74, 6) is -1.12. The number of phenols is 2. The van der Waals surface area contributed by atoms with Crippen molar-refractivity contribution >= 4 is 75.2 Å². The number of hydrogen-bond acceptors (Lipinski definition) is 6. The summed E-state index contributed by atoms with van der Waals surface area (Å²) in [4.78, 5) is 24.9. The van der Waals surface area contributed by atoms with Crippen LogP contribution in [0.1, 0.15) is 5.56 Å². The number of nitrogens with zero attached hydrogens (tertiary/aromatic N) is 1. The summed E-state index contributed by atoms with van der Waals surface area (Å²) in [6.07, 6.45) is 1.48. The molecule has 0 spiro atoms. The van der Waals surface area contributed by atoms with E-state index in [9.17, 15) is 19.8 Å². The predicted octanol–water partition coefficient (Wildman–Crippen LogP) is 4.34. The van der Waals surface area contributed by atoms with Gasteiger partial charge in [-0.05, 0) is 54.2 Å². The minimum absolute atomic E-state index is 0.128. The summed E-state index contributed by atoms with van der Waals surface area (Å²) in [6, 6.07) is 7.96. The van der Waals surface area contributed by atoms with E-state index in [-0.39, 0.29) is 25.7 Å². The van der Waals surface area contributed by atoms with Gasteiger partial charge in [0, 0.05) is 5.69 Å². The van der Waals surface area contributed by atoms with Gasteiger partial charge in [-0.2, -0.15) is 5.01 Å². The molecule has 0 aliphatic carbocycles.